The summed E-state index contributed by atoms with van der Waals surface area (Å²) in [6, 6.07) is 8.80. The van der Waals surface area contributed by atoms with Crippen LogP contribution >= 0.6 is 0 Å². The molecule has 124 valence electrons. The molecular formula is C19H26N2O2. The van der Waals surface area contributed by atoms with Crippen molar-refractivity contribution >= 4 is 10.9 Å². The van der Waals surface area contributed by atoms with E-state index in [1.165, 1.54) is 28.6 Å². The van der Waals surface area contributed by atoms with E-state index in [9.17, 15) is 0 Å². The van der Waals surface area contributed by atoms with E-state index in [0.717, 1.165) is 45.6 Å². The van der Waals surface area contributed by atoms with Gasteiger partial charge < -0.3 is 18.9 Å². The summed E-state index contributed by atoms with van der Waals surface area (Å²) in [5.74, 6) is -0.356. The van der Waals surface area contributed by atoms with Crippen molar-refractivity contribution in [3.63, 3.8) is 0 Å². The molecule has 23 heavy (non-hydrogen) atoms. The summed E-state index contributed by atoms with van der Waals surface area (Å²) in [7, 11) is 4.28. The highest BCUT2D eigenvalue weighted by Gasteiger charge is 2.41. The molecule has 4 nitrogen and oxygen atoms in total. The van der Waals surface area contributed by atoms with Gasteiger partial charge in [0.2, 0.25) is 0 Å². The van der Waals surface area contributed by atoms with Gasteiger partial charge in [0.15, 0.2) is 5.79 Å². The van der Waals surface area contributed by atoms with Gasteiger partial charge in [0.25, 0.3) is 0 Å². The van der Waals surface area contributed by atoms with Gasteiger partial charge >= 0.3 is 0 Å². The zero-order chi connectivity index (χ0) is 15.9. The summed E-state index contributed by atoms with van der Waals surface area (Å²) in [5, 5.41) is 1.38. The first kappa shape index (κ1) is 15.2. The van der Waals surface area contributed by atoms with E-state index >= 15 is 0 Å². The zero-order valence-corrected chi connectivity index (χ0v) is 14.2. The van der Waals surface area contributed by atoms with Crippen LogP contribution in [0.4, 0.5) is 0 Å². The van der Waals surface area contributed by atoms with E-state index in [4.69, 9.17) is 9.47 Å². The van der Waals surface area contributed by atoms with Gasteiger partial charge in [-0.3, -0.25) is 0 Å². The molecule has 2 aromatic rings. The van der Waals surface area contributed by atoms with Crippen molar-refractivity contribution in [1.29, 1.82) is 0 Å². The minimum atomic E-state index is -0.356. The predicted molar refractivity (Wildman–Crippen MR) is 91.8 cm³/mol. The SMILES string of the molecule is CN(C)CCCn1c2c(c3ccccc31)CC1(CC2)OCCO1. The van der Waals surface area contributed by atoms with Crippen LogP contribution < -0.4 is 0 Å². The quantitative estimate of drug-likeness (QED) is 0.868. The molecule has 0 unspecified atom stereocenters. The zero-order valence-electron chi connectivity index (χ0n) is 14.2. The van der Waals surface area contributed by atoms with Crippen LogP contribution in [-0.4, -0.2) is 49.1 Å². The number of hydrogen-bond acceptors (Lipinski definition) is 3. The Kier molecular flexibility index (Phi) is 3.92. The van der Waals surface area contributed by atoms with E-state index in [-0.39, 0.29) is 5.79 Å². The highest BCUT2D eigenvalue weighted by Crippen LogP contribution is 2.40. The van der Waals surface area contributed by atoms with Gasteiger partial charge in [-0.1, -0.05) is 18.2 Å². The number of aryl methyl sites for hydroxylation is 1. The van der Waals surface area contributed by atoms with Crippen molar-refractivity contribution in [2.24, 2.45) is 0 Å². The molecule has 0 N–H and O–H groups in total. The van der Waals surface area contributed by atoms with Gasteiger partial charge in [0.1, 0.15) is 0 Å². The van der Waals surface area contributed by atoms with Crippen molar-refractivity contribution in [1.82, 2.24) is 9.47 Å². The van der Waals surface area contributed by atoms with Crippen LogP contribution in [0.5, 0.6) is 0 Å². The number of aromatic nitrogens is 1. The van der Waals surface area contributed by atoms with Gasteiger partial charge in [-0.2, -0.15) is 0 Å². The summed E-state index contributed by atoms with van der Waals surface area (Å²) in [5.41, 5.74) is 4.31. The number of rotatable bonds is 4. The molecule has 1 fully saturated rings. The number of ether oxygens (including phenoxy) is 2. The van der Waals surface area contributed by atoms with E-state index in [0.29, 0.717) is 0 Å². The second-order valence-corrected chi connectivity index (χ2v) is 7.04. The summed E-state index contributed by atoms with van der Waals surface area (Å²) >= 11 is 0. The molecular weight excluding hydrogens is 288 g/mol. The lowest BCUT2D eigenvalue weighted by molar-refractivity contribution is -0.163. The molecule has 1 aliphatic heterocycles. The van der Waals surface area contributed by atoms with Crippen LogP contribution in [0, 0.1) is 0 Å². The molecule has 1 aromatic heterocycles. The first-order valence-electron chi connectivity index (χ1n) is 8.70. The highest BCUT2D eigenvalue weighted by molar-refractivity contribution is 5.86. The first-order valence-corrected chi connectivity index (χ1v) is 8.70. The second kappa shape index (κ2) is 5.93. The van der Waals surface area contributed by atoms with Gasteiger partial charge in [0.05, 0.1) is 13.2 Å². The minimum Gasteiger partial charge on any atom is -0.347 e. The molecule has 0 amide bonds. The Bertz CT molecular complexity index is 699. The largest absolute Gasteiger partial charge is 0.347 e. The number of para-hydroxylation sites is 1. The van der Waals surface area contributed by atoms with Gasteiger partial charge in [-0.15, -0.1) is 0 Å². The van der Waals surface area contributed by atoms with Crippen molar-refractivity contribution < 1.29 is 9.47 Å². The van der Waals surface area contributed by atoms with E-state index in [2.05, 4.69) is 47.8 Å². The molecule has 0 radical (unpaired) electrons. The molecule has 1 spiro atoms. The standard InChI is InChI=1S/C19H26N2O2/c1-20(2)10-5-11-21-17-7-4-3-6-15(17)16-14-19(9-8-18(16)21)22-12-13-23-19/h3-4,6-7H,5,8-14H2,1-2H3. The molecule has 1 aromatic carbocycles. The smallest absolute Gasteiger partial charge is 0.172 e. The van der Waals surface area contributed by atoms with Crippen molar-refractivity contribution in [2.45, 2.75) is 38.0 Å². The van der Waals surface area contributed by atoms with Crippen LogP contribution in [0.15, 0.2) is 24.3 Å². The summed E-state index contributed by atoms with van der Waals surface area (Å²) < 4.78 is 14.5. The Morgan fingerprint density at radius 1 is 1.17 bits per heavy atom. The average Bonchev–Trinajstić information content (AvgIpc) is 3.11. The molecule has 1 saturated heterocycles. The predicted octanol–water partition coefficient (Wildman–Crippen LogP) is 2.82. The Morgan fingerprint density at radius 2 is 1.96 bits per heavy atom. The topological polar surface area (TPSA) is 26.6 Å². The number of benzene rings is 1. The van der Waals surface area contributed by atoms with Gasteiger partial charge in [-0.25, -0.2) is 0 Å². The molecule has 2 heterocycles. The highest BCUT2D eigenvalue weighted by atomic mass is 16.7. The van der Waals surface area contributed by atoms with E-state index in [1.807, 2.05) is 0 Å². The third-order valence-electron chi connectivity index (χ3n) is 5.18. The third-order valence-corrected chi connectivity index (χ3v) is 5.18. The normalized spacial score (nSPS) is 19.8. The van der Waals surface area contributed by atoms with Crippen LogP contribution in [0.25, 0.3) is 10.9 Å². The Hall–Kier alpha value is -1.36. The lowest BCUT2D eigenvalue weighted by atomic mass is 9.90. The number of hydrogen-bond donors (Lipinski definition) is 0. The van der Waals surface area contributed by atoms with Crippen LogP contribution in [-0.2, 0) is 28.9 Å². The van der Waals surface area contributed by atoms with Crippen molar-refractivity contribution in [3.05, 3.63) is 35.5 Å². The van der Waals surface area contributed by atoms with E-state index < -0.39 is 0 Å². The first-order chi connectivity index (χ1) is 11.2. The second-order valence-electron chi connectivity index (χ2n) is 7.04. The summed E-state index contributed by atoms with van der Waals surface area (Å²) in [6.45, 7) is 3.67. The van der Waals surface area contributed by atoms with Crippen LogP contribution in [0.3, 0.4) is 0 Å². The Morgan fingerprint density at radius 3 is 2.74 bits per heavy atom. The van der Waals surface area contributed by atoms with Crippen molar-refractivity contribution in [2.75, 3.05) is 33.9 Å². The molecule has 0 saturated carbocycles. The van der Waals surface area contributed by atoms with E-state index in [1.54, 1.807) is 0 Å². The summed E-state index contributed by atoms with van der Waals surface area (Å²) in [6.07, 6.45) is 4.09. The Balaban J connectivity index is 1.70. The maximum atomic E-state index is 5.97. The molecule has 4 rings (SSSR count). The van der Waals surface area contributed by atoms with Crippen molar-refractivity contribution in [3.8, 4) is 0 Å². The van der Waals surface area contributed by atoms with Gasteiger partial charge in [-0.05, 0) is 45.1 Å². The summed E-state index contributed by atoms with van der Waals surface area (Å²) in [4.78, 5) is 2.26. The molecule has 2 aliphatic rings. The monoisotopic (exact) mass is 314 g/mol. The van der Waals surface area contributed by atoms with Crippen LogP contribution in [0.1, 0.15) is 24.1 Å². The Labute approximate surface area is 138 Å². The van der Waals surface area contributed by atoms with Gasteiger partial charge in [0, 0.05) is 36.0 Å². The minimum absolute atomic E-state index is 0.356. The molecule has 0 bridgehead atoms. The lowest BCUT2D eigenvalue weighted by Crippen LogP contribution is -2.37. The lowest BCUT2D eigenvalue weighted by Gasteiger charge is -2.32. The number of fused-ring (bicyclic) bond motifs is 3. The fourth-order valence-corrected chi connectivity index (χ4v) is 4.12. The van der Waals surface area contributed by atoms with Crippen LogP contribution in [0.2, 0.25) is 0 Å². The number of nitrogens with zero attached hydrogens (tertiary/aromatic N) is 2. The maximum absolute atomic E-state index is 5.97. The average molecular weight is 314 g/mol. The third kappa shape index (κ3) is 2.69. The maximum Gasteiger partial charge on any atom is 0.172 e. The fourth-order valence-electron chi connectivity index (χ4n) is 4.12. The fraction of sp³-hybridized carbons (Fsp3) is 0.579. The molecule has 4 heteroatoms. The molecule has 0 atom stereocenters. The molecule has 1 aliphatic carbocycles.